The van der Waals surface area contributed by atoms with Crippen LogP contribution in [0.3, 0.4) is 0 Å². The summed E-state index contributed by atoms with van der Waals surface area (Å²) in [6.45, 7) is 19.6. The fourth-order valence-electron chi connectivity index (χ4n) is 4.85. The Morgan fingerprint density at radius 3 is 2.21 bits per heavy atom. The van der Waals surface area contributed by atoms with Gasteiger partial charge in [-0.2, -0.15) is 0 Å². The van der Waals surface area contributed by atoms with E-state index in [4.69, 9.17) is 14.2 Å². The van der Waals surface area contributed by atoms with E-state index in [1.54, 1.807) is 0 Å². The summed E-state index contributed by atoms with van der Waals surface area (Å²) < 4.78 is 17.8. The van der Waals surface area contributed by atoms with Gasteiger partial charge in [0.1, 0.15) is 0 Å². The van der Waals surface area contributed by atoms with Gasteiger partial charge in [-0.05, 0) is 66.7 Å². The molecule has 0 radical (unpaired) electrons. The van der Waals surface area contributed by atoms with Gasteiger partial charge in [-0.1, -0.05) is 0 Å². The molecule has 3 rings (SSSR count). The highest BCUT2D eigenvalue weighted by molar-refractivity contribution is 5.05. The predicted octanol–water partition coefficient (Wildman–Crippen LogP) is 3.56. The zero-order chi connectivity index (χ0) is 20.2. The van der Waals surface area contributed by atoms with Gasteiger partial charge in [0.25, 0.3) is 0 Å². The Bertz CT molecular complexity index is 457. The number of unbranched alkanes of at least 4 members (excludes halogenated alkanes) is 1. The Hall–Kier alpha value is -0.200. The fourth-order valence-corrected chi connectivity index (χ4v) is 4.85. The van der Waals surface area contributed by atoms with Crippen molar-refractivity contribution in [1.29, 1.82) is 0 Å². The first-order chi connectivity index (χ1) is 13.2. The summed E-state index contributed by atoms with van der Waals surface area (Å²) in [5, 5.41) is 0. The van der Waals surface area contributed by atoms with Crippen molar-refractivity contribution in [1.82, 2.24) is 9.80 Å². The van der Waals surface area contributed by atoms with E-state index in [0.717, 1.165) is 52.2 Å². The molecule has 2 saturated heterocycles. The highest BCUT2D eigenvalue weighted by Gasteiger charge is 2.53. The molecule has 3 fully saturated rings. The second-order valence-corrected chi connectivity index (χ2v) is 10.7. The van der Waals surface area contributed by atoms with Crippen LogP contribution in [0.25, 0.3) is 0 Å². The van der Waals surface area contributed by atoms with Crippen LogP contribution in [-0.2, 0) is 14.2 Å². The lowest BCUT2D eigenvalue weighted by atomic mass is 9.61. The van der Waals surface area contributed by atoms with Crippen molar-refractivity contribution in [2.45, 2.75) is 90.6 Å². The molecule has 0 N–H and O–H groups in total. The SMILES string of the molecule is CC(C)N1CC(OCCCCOCCCN2CC3(CC(OC(C)(C)C)C3)C2)C1. The van der Waals surface area contributed by atoms with Crippen LogP contribution in [0.4, 0.5) is 0 Å². The number of ether oxygens (including phenoxy) is 3. The molecular weight excluding hydrogens is 352 g/mol. The Balaban J connectivity index is 1.07. The maximum atomic E-state index is 6.08. The maximum Gasteiger partial charge on any atom is 0.0828 e. The van der Waals surface area contributed by atoms with Crippen molar-refractivity contribution in [3.8, 4) is 0 Å². The molecular formula is C23H44N2O3. The van der Waals surface area contributed by atoms with E-state index in [-0.39, 0.29) is 5.60 Å². The molecule has 0 aromatic carbocycles. The summed E-state index contributed by atoms with van der Waals surface area (Å²) in [5.41, 5.74) is 0.592. The van der Waals surface area contributed by atoms with Gasteiger partial charge < -0.3 is 19.1 Å². The van der Waals surface area contributed by atoms with Gasteiger partial charge in [0.2, 0.25) is 0 Å². The molecule has 1 spiro atoms. The smallest absolute Gasteiger partial charge is 0.0828 e. The highest BCUT2D eigenvalue weighted by Crippen LogP contribution is 2.50. The van der Waals surface area contributed by atoms with Crippen LogP contribution in [0.1, 0.15) is 66.7 Å². The summed E-state index contributed by atoms with van der Waals surface area (Å²) in [5.74, 6) is 0. The Morgan fingerprint density at radius 2 is 1.57 bits per heavy atom. The van der Waals surface area contributed by atoms with Crippen LogP contribution in [0, 0.1) is 5.41 Å². The third-order valence-corrected chi connectivity index (χ3v) is 6.37. The molecule has 0 atom stereocenters. The lowest BCUT2D eigenvalue weighted by Gasteiger charge is -2.59. The minimum absolute atomic E-state index is 0.00530. The van der Waals surface area contributed by atoms with Gasteiger partial charge in [0.15, 0.2) is 0 Å². The summed E-state index contributed by atoms with van der Waals surface area (Å²) in [7, 11) is 0. The Morgan fingerprint density at radius 1 is 0.929 bits per heavy atom. The molecule has 2 aliphatic heterocycles. The third kappa shape index (κ3) is 6.66. The van der Waals surface area contributed by atoms with E-state index < -0.39 is 0 Å². The zero-order valence-electron chi connectivity index (χ0n) is 19.0. The van der Waals surface area contributed by atoms with Gasteiger partial charge in [-0.25, -0.2) is 0 Å². The first-order valence-corrected chi connectivity index (χ1v) is 11.6. The predicted molar refractivity (Wildman–Crippen MR) is 114 cm³/mol. The standard InChI is InChI=1S/C23H44N2O3/c1-19(2)25-15-21(16-25)27-12-7-6-10-26-11-8-9-24-17-23(18-24)13-20(14-23)28-22(3,4)5/h19-21H,6-18H2,1-5H3. The molecule has 2 heterocycles. The van der Waals surface area contributed by atoms with E-state index in [2.05, 4.69) is 44.4 Å². The van der Waals surface area contributed by atoms with Crippen molar-refractivity contribution >= 4 is 0 Å². The van der Waals surface area contributed by atoms with Crippen LogP contribution in [0.2, 0.25) is 0 Å². The molecule has 3 aliphatic rings. The number of rotatable bonds is 12. The van der Waals surface area contributed by atoms with Gasteiger partial charge in [-0.3, -0.25) is 4.90 Å². The molecule has 1 aliphatic carbocycles. The van der Waals surface area contributed by atoms with Gasteiger partial charge in [0, 0.05) is 64.0 Å². The van der Waals surface area contributed by atoms with Crippen LogP contribution < -0.4 is 0 Å². The average Bonchev–Trinajstić information content (AvgIpc) is 2.48. The van der Waals surface area contributed by atoms with Crippen molar-refractivity contribution in [3.63, 3.8) is 0 Å². The van der Waals surface area contributed by atoms with E-state index in [9.17, 15) is 0 Å². The molecule has 5 nitrogen and oxygen atoms in total. The fraction of sp³-hybridized carbons (Fsp3) is 1.00. The van der Waals surface area contributed by atoms with Crippen molar-refractivity contribution in [3.05, 3.63) is 0 Å². The first-order valence-electron chi connectivity index (χ1n) is 11.6. The van der Waals surface area contributed by atoms with Crippen molar-refractivity contribution in [2.24, 2.45) is 5.41 Å². The van der Waals surface area contributed by atoms with E-state index in [1.807, 2.05) is 0 Å². The monoisotopic (exact) mass is 396 g/mol. The van der Waals surface area contributed by atoms with Crippen molar-refractivity contribution < 1.29 is 14.2 Å². The second kappa shape index (κ2) is 9.74. The van der Waals surface area contributed by atoms with Crippen LogP contribution in [-0.4, -0.2) is 86.2 Å². The minimum atomic E-state index is 0.00530. The summed E-state index contributed by atoms with van der Waals surface area (Å²) in [6.07, 6.45) is 6.86. The summed E-state index contributed by atoms with van der Waals surface area (Å²) >= 11 is 0. The Labute approximate surface area is 173 Å². The second-order valence-electron chi connectivity index (χ2n) is 10.7. The first kappa shape index (κ1) is 22.5. The lowest BCUT2D eigenvalue weighted by molar-refractivity contribution is -0.186. The molecule has 1 saturated carbocycles. The Kier molecular flexibility index (Phi) is 7.82. The minimum Gasteiger partial charge on any atom is -0.381 e. The van der Waals surface area contributed by atoms with Crippen LogP contribution in [0.5, 0.6) is 0 Å². The average molecular weight is 397 g/mol. The molecule has 0 unspecified atom stereocenters. The topological polar surface area (TPSA) is 34.2 Å². The molecule has 5 heteroatoms. The van der Waals surface area contributed by atoms with Gasteiger partial charge in [-0.15, -0.1) is 0 Å². The molecule has 0 aromatic rings. The maximum absolute atomic E-state index is 6.08. The summed E-state index contributed by atoms with van der Waals surface area (Å²) in [6, 6.07) is 0.656. The number of hydrogen-bond acceptors (Lipinski definition) is 5. The lowest BCUT2D eigenvalue weighted by Crippen LogP contribution is -2.64. The number of nitrogens with zero attached hydrogens (tertiary/aromatic N) is 2. The molecule has 164 valence electrons. The van der Waals surface area contributed by atoms with Crippen molar-refractivity contribution in [2.75, 3.05) is 52.5 Å². The van der Waals surface area contributed by atoms with E-state index in [0.29, 0.717) is 23.7 Å². The quantitative estimate of drug-likeness (QED) is 0.471. The largest absolute Gasteiger partial charge is 0.381 e. The van der Waals surface area contributed by atoms with Gasteiger partial charge >= 0.3 is 0 Å². The zero-order valence-corrected chi connectivity index (χ0v) is 19.0. The summed E-state index contributed by atoms with van der Waals surface area (Å²) in [4.78, 5) is 5.04. The molecule has 0 bridgehead atoms. The number of likely N-dealkylation sites (tertiary alicyclic amines) is 2. The highest BCUT2D eigenvalue weighted by atomic mass is 16.5. The van der Waals surface area contributed by atoms with Crippen LogP contribution >= 0.6 is 0 Å². The number of hydrogen-bond donors (Lipinski definition) is 0. The van der Waals surface area contributed by atoms with Gasteiger partial charge in [0.05, 0.1) is 17.8 Å². The molecule has 0 aromatic heterocycles. The molecule has 28 heavy (non-hydrogen) atoms. The van der Waals surface area contributed by atoms with E-state index in [1.165, 1.54) is 32.5 Å². The molecule has 0 amide bonds. The normalized spacial score (nSPS) is 23.8. The van der Waals surface area contributed by atoms with Crippen LogP contribution in [0.15, 0.2) is 0 Å². The third-order valence-electron chi connectivity index (χ3n) is 6.37. The van der Waals surface area contributed by atoms with E-state index >= 15 is 0 Å².